The van der Waals surface area contributed by atoms with Gasteiger partial charge in [0.25, 0.3) is 0 Å². The fraction of sp³-hybridized carbons (Fsp3) is 0.679. The van der Waals surface area contributed by atoms with E-state index in [0.717, 1.165) is 116 Å². The predicted octanol–water partition coefficient (Wildman–Crippen LogP) is 15.6. The van der Waals surface area contributed by atoms with Crippen molar-refractivity contribution in [2.24, 2.45) is 0 Å². The molecule has 0 heterocycles. The number of carbonyl (C=O) groups is 3. The van der Waals surface area contributed by atoms with Gasteiger partial charge in [-0.25, -0.2) is 0 Å². The molecule has 0 bridgehead atoms. The molecule has 0 saturated carbocycles. The summed E-state index contributed by atoms with van der Waals surface area (Å²) in [5.74, 6) is -0.970. The summed E-state index contributed by atoms with van der Waals surface area (Å²) in [5.41, 5.74) is 0. The van der Waals surface area contributed by atoms with Crippen LogP contribution < -0.4 is 0 Å². The zero-order valence-electron chi connectivity index (χ0n) is 38.2. The first kappa shape index (κ1) is 55.6. The minimum atomic E-state index is -0.804. The molecule has 336 valence electrons. The van der Waals surface area contributed by atoms with E-state index in [2.05, 4.69) is 106 Å². The molecule has 0 radical (unpaired) electrons. The van der Waals surface area contributed by atoms with E-state index in [4.69, 9.17) is 14.2 Å². The third-order valence-electron chi connectivity index (χ3n) is 9.86. The molecular weight excluding hydrogens is 733 g/mol. The topological polar surface area (TPSA) is 78.9 Å². The maximum atomic E-state index is 12.7. The standard InChI is InChI=1S/C53H88O6/c1-4-7-10-13-16-19-22-25-26-27-28-29-32-34-37-40-43-46-52(55)58-49-50(59-53(56)47-44-41-38-35-31-24-21-18-15-12-9-6-3)48-57-51(54)45-42-39-36-33-30-23-20-17-14-11-8-5-2/h8-9,11-12,16-21,25-26,31,35,50H,4-7,10,13-15,22-24,27-30,32-34,36-49H2,1-3H3/b11-8-,12-9-,19-16-,20-17-,21-18-,26-25-,35-31-. The molecule has 6 heteroatoms. The van der Waals surface area contributed by atoms with Crippen LogP contribution in [0.2, 0.25) is 0 Å². The maximum absolute atomic E-state index is 12.7. The fourth-order valence-electron chi connectivity index (χ4n) is 6.29. The normalized spacial score (nSPS) is 12.8. The fourth-order valence-corrected chi connectivity index (χ4v) is 6.29. The Morgan fingerprint density at radius 1 is 0.356 bits per heavy atom. The molecule has 0 spiro atoms. The Morgan fingerprint density at radius 2 is 0.661 bits per heavy atom. The number of allylic oxidation sites excluding steroid dienone is 14. The number of hydrogen-bond acceptors (Lipinski definition) is 6. The van der Waals surface area contributed by atoms with Crippen molar-refractivity contribution in [3.8, 4) is 0 Å². The first-order chi connectivity index (χ1) is 29.0. The molecule has 59 heavy (non-hydrogen) atoms. The molecule has 0 N–H and O–H groups in total. The van der Waals surface area contributed by atoms with E-state index >= 15 is 0 Å². The van der Waals surface area contributed by atoms with E-state index in [9.17, 15) is 14.4 Å². The van der Waals surface area contributed by atoms with Crippen molar-refractivity contribution in [1.29, 1.82) is 0 Å². The predicted molar refractivity (Wildman–Crippen MR) is 251 cm³/mol. The molecule has 0 aliphatic carbocycles. The highest BCUT2D eigenvalue weighted by molar-refractivity contribution is 5.71. The van der Waals surface area contributed by atoms with Crippen LogP contribution >= 0.6 is 0 Å². The van der Waals surface area contributed by atoms with E-state index < -0.39 is 6.10 Å². The molecule has 0 aromatic rings. The Balaban J connectivity index is 4.44. The van der Waals surface area contributed by atoms with Gasteiger partial charge < -0.3 is 14.2 Å². The molecule has 0 fully saturated rings. The molecule has 1 atom stereocenters. The van der Waals surface area contributed by atoms with Gasteiger partial charge in [-0.15, -0.1) is 0 Å². The van der Waals surface area contributed by atoms with Crippen LogP contribution in [0.5, 0.6) is 0 Å². The van der Waals surface area contributed by atoms with Gasteiger partial charge in [0, 0.05) is 19.3 Å². The minimum absolute atomic E-state index is 0.102. The summed E-state index contributed by atoms with van der Waals surface area (Å²) in [4.78, 5) is 37.8. The highest BCUT2D eigenvalue weighted by Gasteiger charge is 2.19. The van der Waals surface area contributed by atoms with Crippen LogP contribution in [0.1, 0.15) is 213 Å². The number of esters is 3. The number of ether oxygens (including phenoxy) is 3. The summed E-state index contributed by atoms with van der Waals surface area (Å²) in [6.07, 6.45) is 60.0. The summed E-state index contributed by atoms with van der Waals surface area (Å²) in [6, 6.07) is 0. The van der Waals surface area contributed by atoms with Crippen molar-refractivity contribution in [1.82, 2.24) is 0 Å². The Hall–Kier alpha value is -3.41. The van der Waals surface area contributed by atoms with Crippen LogP contribution in [-0.2, 0) is 28.6 Å². The summed E-state index contributed by atoms with van der Waals surface area (Å²) in [7, 11) is 0. The molecule has 0 saturated heterocycles. The highest BCUT2D eigenvalue weighted by atomic mass is 16.6. The third-order valence-corrected chi connectivity index (χ3v) is 9.86. The maximum Gasteiger partial charge on any atom is 0.306 e. The van der Waals surface area contributed by atoms with Crippen molar-refractivity contribution in [3.63, 3.8) is 0 Å². The SMILES string of the molecule is CC/C=C\C/C=C\C/C=C\CCCCC(=O)OC(COC(=O)CCCCCCC/C=C\C/C=C\CC)COC(=O)CCCCCCCCC/C=C\C/C=C\CCCCC. The van der Waals surface area contributed by atoms with Gasteiger partial charge >= 0.3 is 17.9 Å². The molecule has 1 unspecified atom stereocenters. The van der Waals surface area contributed by atoms with Crippen molar-refractivity contribution >= 4 is 17.9 Å². The Morgan fingerprint density at radius 3 is 1.07 bits per heavy atom. The van der Waals surface area contributed by atoms with E-state index in [0.29, 0.717) is 19.3 Å². The zero-order chi connectivity index (χ0) is 43.0. The average Bonchev–Trinajstić information content (AvgIpc) is 3.23. The van der Waals surface area contributed by atoms with Crippen LogP contribution in [0.15, 0.2) is 85.1 Å². The summed E-state index contributed by atoms with van der Waals surface area (Å²) in [5, 5.41) is 0. The monoisotopic (exact) mass is 821 g/mol. The van der Waals surface area contributed by atoms with Crippen LogP contribution in [0, 0.1) is 0 Å². The highest BCUT2D eigenvalue weighted by Crippen LogP contribution is 2.13. The molecule has 0 aromatic heterocycles. The lowest BCUT2D eigenvalue weighted by atomic mass is 10.1. The van der Waals surface area contributed by atoms with Gasteiger partial charge in [-0.05, 0) is 109 Å². The summed E-state index contributed by atoms with van der Waals surface area (Å²) < 4.78 is 16.7. The number of rotatable bonds is 42. The number of unbranched alkanes of at least 4 members (excludes halogenated alkanes) is 17. The van der Waals surface area contributed by atoms with Gasteiger partial charge in [-0.1, -0.05) is 170 Å². The summed E-state index contributed by atoms with van der Waals surface area (Å²) in [6.45, 7) is 6.32. The van der Waals surface area contributed by atoms with E-state index in [1.807, 2.05) is 0 Å². The largest absolute Gasteiger partial charge is 0.462 e. The molecule has 0 aliphatic heterocycles. The van der Waals surface area contributed by atoms with E-state index in [1.54, 1.807) is 0 Å². The number of hydrogen-bond donors (Lipinski definition) is 0. The Bertz CT molecular complexity index is 1170. The quantitative estimate of drug-likeness (QED) is 0.0264. The minimum Gasteiger partial charge on any atom is -0.462 e. The second-order valence-corrected chi connectivity index (χ2v) is 15.6. The smallest absolute Gasteiger partial charge is 0.306 e. The van der Waals surface area contributed by atoms with Crippen LogP contribution in [0.4, 0.5) is 0 Å². The first-order valence-electron chi connectivity index (χ1n) is 24.1. The Labute approximate surface area is 363 Å². The molecule has 0 amide bonds. The molecule has 6 nitrogen and oxygen atoms in total. The van der Waals surface area contributed by atoms with Crippen molar-refractivity contribution < 1.29 is 28.6 Å². The molecule has 0 aliphatic rings. The van der Waals surface area contributed by atoms with Gasteiger partial charge in [-0.2, -0.15) is 0 Å². The zero-order valence-corrected chi connectivity index (χ0v) is 38.2. The van der Waals surface area contributed by atoms with Crippen LogP contribution in [0.3, 0.4) is 0 Å². The van der Waals surface area contributed by atoms with E-state index in [1.165, 1.54) is 51.4 Å². The second kappa shape index (κ2) is 47.3. The molecular formula is C53H88O6. The average molecular weight is 821 g/mol. The van der Waals surface area contributed by atoms with Crippen molar-refractivity contribution in [3.05, 3.63) is 85.1 Å². The number of carbonyl (C=O) groups excluding carboxylic acids is 3. The van der Waals surface area contributed by atoms with Gasteiger partial charge in [0.2, 0.25) is 0 Å². The second-order valence-electron chi connectivity index (χ2n) is 15.6. The van der Waals surface area contributed by atoms with Crippen LogP contribution in [0.25, 0.3) is 0 Å². The van der Waals surface area contributed by atoms with Gasteiger partial charge in [0.1, 0.15) is 13.2 Å². The van der Waals surface area contributed by atoms with Crippen molar-refractivity contribution in [2.45, 2.75) is 219 Å². The van der Waals surface area contributed by atoms with Gasteiger partial charge in [0.15, 0.2) is 6.10 Å². The lowest BCUT2D eigenvalue weighted by Gasteiger charge is -2.18. The van der Waals surface area contributed by atoms with Crippen molar-refractivity contribution in [2.75, 3.05) is 13.2 Å². The lowest BCUT2D eigenvalue weighted by Crippen LogP contribution is -2.30. The summed E-state index contributed by atoms with van der Waals surface area (Å²) >= 11 is 0. The lowest BCUT2D eigenvalue weighted by molar-refractivity contribution is -0.167. The Kier molecular flexibility index (Phi) is 44.5. The van der Waals surface area contributed by atoms with E-state index in [-0.39, 0.29) is 37.5 Å². The first-order valence-corrected chi connectivity index (χ1v) is 24.1. The third kappa shape index (κ3) is 45.5. The van der Waals surface area contributed by atoms with Gasteiger partial charge in [0.05, 0.1) is 0 Å². The molecule has 0 aromatic carbocycles. The van der Waals surface area contributed by atoms with Gasteiger partial charge in [-0.3, -0.25) is 14.4 Å². The van der Waals surface area contributed by atoms with Crippen LogP contribution in [-0.4, -0.2) is 37.2 Å². The molecule has 0 rings (SSSR count).